The van der Waals surface area contributed by atoms with Crippen LogP contribution in [-0.2, 0) is 0 Å². The van der Waals surface area contributed by atoms with E-state index in [1.807, 2.05) is 13.0 Å². The van der Waals surface area contributed by atoms with E-state index in [9.17, 15) is 9.50 Å². The van der Waals surface area contributed by atoms with Gasteiger partial charge in [-0.05, 0) is 43.4 Å². The fourth-order valence-electron chi connectivity index (χ4n) is 2.82. The summed E-state index contributed by atoms with van der Waals surface area (Å²) >= 11 is 0. The molecule has 0 heterocycles. The van der Waals surface area contributed by atoms with E-state index < -0.39 is 0 Å². The summed E-state index contributed by atoms with van der Waals surface area (Å²) < 4.78 is 18.6. The van der Waals surface area contributed by atoms with E-state index >= 15 is 0 Å². The van der Waals surface area contributed by atoms with Crippen LogP contribution >= 0.6 is 0 Å². The van der Waals surface area contributed by atoms with Gasteiger partial charge in [0.15, 0.2) is 11.6 Å². The van der Waals surface area contributed by atoms with Crippen LogP contribution in [0.15, 0.2) is 18.2 Å². The summed E-state index contributed by atoms with van der Waals surface area (Å²) in [6.45, 7) is 2.78. The summed E-state index contributed by atoms with van der Waals surface area (Å²) in [5.41, 5.74) is 0.897. The van der Waals surface area contributed by atoms with Gasteiger partial charge in [0.25, 0.3) is 0 Å². The van der Waals surface area contributed by atoms with Gasteiger partial charge < -0.3 is 15.2 Å². The van der Waals surface area contributed by atoms with Gasteiger partial charge in [-0.15, -0.1) is 0 Å². The maximum atomic E-state index is 13.7. The number of halogens is 1. The number of hydrogen-bond donors (Lipinski definition) is 2. The first kappa shape index (κ1) is 15.3. The van der Waals surface area contributed by atoms with Gasteiger partial charge in [-0.25, -0.2) is 4.39 Å². The minimum Gasteiger partial charge on any atom is -0.494 e. The van der Waals surface area contributed by atoms with E-state index in [0.29, 0.717) is 5.92 Å². The Hall–Kier alpha value is -1.13. The van der Waals surface area contributed by atoms with Crippen molar-refractivity contribution in [2.45, 2.75) is 44.8 Å². The molecule has 1 fully saturated rings. The highest BCUT2D eigenvalue weighted by Gasteiger charge is 2.23. The molecule has 1 aromatic carbocycles. The highest BCUT2D eigenvalue weighted by Crippen LogP contribution is 2.25. The lowest BCUT2D eigenvalue weighted by atomic mass is 9.86. The second kappa shape index (κ2) is 7.04. The third-order valence-electron chi connectivity index (χ3n) is 4.23. The molecule has 0 radical (unpaired) electrons. The van der Waals surface area contributed by atoms with Crippen LogP contribution in [-0.4, -0.2) is 24.9 Å². The van der Waals surface area contributed by atoms with E-state index in [1.54, 1.807) is 6.07 Å². The summed E-state index contributed by atoms with van der Waals surface area (Å²) in [4.78, 5) is 0. The van der Waals surface area contributed by atoms with Crippen LogP contribution in [0.2, 0.25) is 0 Å². The van der Waals surface area contributed by atoms with Crippen LogP contribution < -0.4 is 10.1 Å². The van der Waals surface area contributed by atoms with E-state index in [-0.39, 0.29) is 23.7 Å². The molecule has 1 aliphatic carbocycles. The highest BCUT2D eigenvalue weighted by molar-refractivity contribution is 5.30. The number of aliphatic hydroxyl groups excluding tert-OH is 1. The Bertz CT molecular complexity index is 438. The van der Waals surface area contributed by atoms with Crippen LogP contribution in [0.25, 0.3) is 0 Å². The minimum atomic E-state index is -0.337. The molecule has 0 aromatic heterocycles. The number of hydrogen-bond acceptors (Lipinski definition) is 3. The van der Waals surface area contributed by atoms with Gasteiger partial charge in [0.2, 0.25) is 0 Å². The molecule has 20 heavy (non-hydrogen) atoms. The predicted molar refractivity (Wildman–Crippen MR) is 77.3 cm³/mol. The molecular formula is C16H24FNO2. The standard InChI is InChI=1S/C16H24FNO2/c1-11(12-7-8-16(20-2)14(17)9-12)18-10-13-5-3-4-6-15(13)19/h7-9,11,13,15,18-19H,3-6,10H2,1-2H3. The second-order valence-electron chi connectivity index (χ2n) is 5.64. The Kier molecular flexibility index (Phi) is 5.38. The van der Waals surface area contributed by atoms with Crippen molar-refractivity contribution in [1.82, 2.24) is 5.32 Å². The Balaban J connectivity index is 1.91. The van der Waals surface area contributed by atoms with Crippen LogP contribution in [0, 0.1) is 11.7 Å². The predicted octanol–water partition coefficient (Wildman–Crippen LogP) is 3.04. The molecule has 2 rings (SSSR count). The summed E-state index contributed by atoms with van der Waals surface area (Å²) in [7, 11) is 1.46. The molecule has 0 saturated heterocycles. The third-order valence-corrected chi connectivity index (χ3v) is 4.23. The number of methoxy groups -OCH3 is 1. The Labute approximate surface area is 120 Å². The highest BCUT2D eigenvalue weighted by atomic mass is 19.1. The smallest absolute Gasteiger partial charge is 0.165 e. The molecule has 2 N–H and O–H groups in total. The molecule has 3 nitrogen and oxygen atoms in total. The first-order valence-corrected chi connectivity index (χ1v) is 7.36. The van der Waals surface area contributed by atoms with Gasteiger partial charge >= 0.3 is 0 Å². The summed E-state index contributed by atoms with van der Waals surface area (Å²) in [5, 5.41) is 13.3. The molecule has 0 aliphatic heterocycles. The van der Waals surface area contributed by atoms with Crippen LogP contribution in [0.5, 0.6) is 5.75 Å². The normalized spacial score (nSPS) is 24.4. The molecule has 1 aliphatic rings. The summed E-state index contributed by atoms with van der Waals surface area (Å²) in [6, 6.07) is 5.09. The topological polar surface area (TPSA) is 41.5 Å². The molecule has 0 amide bonds. The van der Waals surface area contributed by atoms with E-state index in [1.165, 1.54) is 19.6 Å². The molecule has 1 saturated carbocycles. The zero-order valence-corrected chi connectivity index (χ0v) is 12.2. The quantitative estimate of drug-likeness (QED) is 0.871. The van der Waals surface area contributed by atoms with Crippen molar-refractivity contribution < 1.29 is 14.2 Å². The Morgan fingerprint density at radius 3 is 2.80 bits per heavy atom. The van der Waals surface area contributed by atoms with Crippen molar-refractivity contribution in [2.24, 2.45) is 5.92 Å². The molecule has 0 spiro atoms. The molecule has 0 bridgehead atoms. The molecule has 3 unspecified atom stereocenters. The molecule has 112 valence electrons. The van der Waals surface area contributed by atoms with Crippen molar-refractivity contribution in [3.05, 3.63) is 29.6 Å². The fourth-order valence-corrected chi connectivity index (χ4v) is 2.82. The van der Waals surface area contributed by atoms with Crippen molar-refractivity contribution in [3.8, 4) is 5.75 Å². The lowest BCUT2D eigenvalue weighted by Crippen LogP contribution is -2.34. The number of ether oxygens (including phenoxy) is 1. The van der Waals surface area contributed by atoms with Gasteiger partial charge in [-0.3, -0.25) is 0 Å². The number of benzene rings is 1. The maximum absolute atomic E-state index is 13.7. The second-order valence-corrected chi connectivity index (χ2v) is 5.64. The van der Waals surface area contributed by atoms with Crippen molar-refractivity contribution in [1.29, 1.82) is 0 Å². The van der Waals surface area contributed by atoms with Crippen LogP contribution in [0.3, 0.4) is 0 Å². The third kappa shape index (κ3) is 3.70. The monoisotopic (exact) mass is 281 g/mol. The zero-order valence-electron chi connectivity index (χ0n) is 12.2. The number of rotatable bonds is 5. The van der Waals surface area contributed by atoms with Crippen molar-refractivity contribution in [3.63, 3.8) is 0 Å². The first-order chi connectivity index (χ1) is 9.61. The molecule has 4 heteroatoms. The van der Waals surface area contributed by atoms with Gasteiger partial charge in [0, 0.05) is 12.6 Å². The molecular weight excluding hydrogens is 257 g/mol. The van der Waals surface area contributed by atoms with Crippen molar-refractivity contribution in [2.75, 3.05) is 13.7 Å². The average molecular weight is 281 g/mol. The van der Waals surface area contributed by atoms with Crippen molar-refractivity contribution >= 4 is 0 Å². The van der Waals surface area contributed by atoms with Gasteiger partial charge in [-0.1, -0.05) is 18.9 Å². The summed E-state index contributed by atoms with van der Waals surface area (Å²) in [5.74, 6) is 0.245. The van der Waals surface area contributed by atoms with Crippen LogP contribution in [0.4, 0.5) is 4.39 Å². The minimum absolute atomic E-state index is 0.0598. The fraction of sp³-hybridized carbons (Fsp3) is 0.625. The zero-order chi connectivity index (χ0) is 14.5. The maximum Gasteiger partial charge on any atom is 0.165 e. The van der Waals surface area contributed by atoms with E-state index in [2.05, 4.69) is 5.32 Å². The summed E-state index contributed by atoms with van der Waals surface area (Å²) in [6.07, 6.45) is 4.08. The largest absolute Gasteiger partial charge is 0.494 e. The first-order valence-electron chi connectivity index (χ1n) is 7.36. The Morgan fingerprint density at radius 2 is 2.15 bits per heavy atom. The van der Waals surface area contributed by atoms with E-state index in [0.717, 1.165) is 31.4 Å². The lowest BCUT2D eigenvalue weighted by molar-refractivity contribution is 0.0684. The van der Waals surface area contributed by atoms with Gasteiger partial charge in [0.05, 0.1) is 13.2 Å². The average Bonchev–Trinajstić information content (AvgIpc) is 2.46. The Morgan fingerprint density at radius 1 is 1.40 bits per heavy atom. The molecule has 1 aromatic rings. The van der Waals surface area contributed by atoms with Gasteiger partial charge in [-0.2, -0.15) is 0 Å². The lowest BCUT2D eigenvalue weighted by Gasteiger charge is -2.29. The molecule has 3 atom stereocenters. The van der Waals surface area contributed by atoms with E-state index in [4.69, 9.17) is 4.74 Å². The SMILES string of the molecule is COc1ccc(C(C)NCC2CCCCC2O)cc1F. The van der Waals surface area contributed by atoms with Crippen LogP contribution in [0.1, 0.15) is 44.2 Å². The number of nitrogens with one attached hydrogen (secondary N) is 1. The van der Waals surface area contributed by atoms with Gasteiger partial charge in [0.1, 0.15) is 0 Å². The number of aliphatic hydroxyl groups is 1.